The molecule has 1 atom stereocenters. The van der Waals surface area contributed by atoms with Crippen molar-refractivity contribution in [1.82, 2.24) is 10.3 Å². The average molecular weight is 206 g/mol. The van der Waals surface area contributed by atoms with Gasteiger partial charge in [-0.1, -0.05) is 0 Å². The van der Waals surface area contributed by atoms with Crippen molar-refractivity contribution in [2.24, 2.45) is 0 Å². The summed E-state index contributed by atoms with van der Waals surface area (Å²) in [5.74, 6) is -0.374. The highest BCUT2D eigenvalue weighted by atomic mass is 16.2. The Balaban J connectivity index is 2.53. The fourth-order valence-electron chi connectivity index (χ4n) is 1.25. The third-order valence-electron chi connectivity index (χ3n) is 1.99. The van der Waals surface area contributed by atoms with Gasteiger partial charge in [0.15, 0.2) is 0 Å². The van der Waals surface area contributed by atoms with Crippen LogP contribution in [0.25, 0.3) is 0 Å². The van der Waals surface area contributed by atoms with Crippen molar-refractivity contribution < 1.29 is 9.59 Å². The Morgan fingerprint density at radius 3 is 2.53 bits per heavy atom. The number of nitrogens with zero attached hydrogens (tertiary/aromatic N) is 1. The van der Waals surface area contributed by atoms with Gasteiger partial charge in [-0.2, -0.15) is 0 Å². The minimum absolute atomic E-state index is 0.0601. The first-order chi connectivity index (χ1) is 7.09. The van der Waals surface area contributed by atoms with Gasteiger partial charge < -0.3 is 5.32 Å². The molecular formula is C11H14N2O2. The van der Waals surface area contributed by atoms with Crippen molar-refractivity contribution in [3.63, 3.8) is 0 Å². The zero-order valence-corrected chi connectivity index (χ0v) is 8.86. The maximum Gasteiger partial charge on any atom is 0.227 e. The third kappa shape index (κ3) is 3.89. The fraction of sp³-hybridized carbons (Fsp3) is 0.364. The number of aromatic nitrogens is 1. The Bertz CT molecular complexity index is 349. The summed E-state index contributed by atoms with van der Waals surface area (Å²) in [5, 5.41) is 2.74. The molecule has 0 aliphatic heterocycles. The SMILES string of the molecule is CC(=O)CC(=O)NC(C)c1ccncc1. The van der Waals surface area contributed by atoms with Crippen LogP contribution in [0.4, 0.5) is 0 Å². The maximum absolute atomic E-state index is 11.3. The largest absolute Gasteiger partial charge is 0.349 e. The summed E-state index contributed by atoms with van der Waals surface area (Å²) < 4.78 is 0. The highest BCUT2D eigenvalue weighted by Gasteiger charge is 2.10. The average Bonchev–Trinajstić information content (AvgIpc) is 2.17. The van der Waals surface area contributed by atoms with Crippen LogP contribution in [0.15, 0.2) is 24.5 Å². The summed E-state index contributed by atoms with van der Waals surface area (Å²) in [7, 11) is 0. The molecular weight excluding hydrogens is 192 g/mol. The van der Waals surface area contributed by atoms with Crippen LogP contribution in [-0.4, -0.2) is 16.7 Å². The van der Waals surface area contributed by atoms with E-state index in [0.29, 0.717) is 0 Å². The van der Waals surface area contributed by atoms with Crippen molar-refractivity contribution in [2.75, 3.05) is 0 Å². The molecule has 0 bridgehead atoms. The Hall–Kier alpha value is -1.71. The zero-order chi connectivity index (χ0) is 11.3. The van der Waals surface area contributed by atoms with Crippen molar-refractivity contribution in [1.29, 1.82) is 0 Å². The molecule has 1 aromatic rings. The zero-order valence-electron chi connectivity index (χ0n) is 8.86. The van der Waals surface area contributed by atoms with Crippen molar-refractivity contribution in [3.05, 3.63) is 30.1 Å². The summed E-state index contributed by atoms with van der Waals surface area (Å²) in [6, 6.07) is 3.57. The number of hydrogen-bond donors (Lipinski definition) is 1. The molecule has 0 radical (unpaired) electrons. The first-order valence-corrected chi connectivity index (χ1v) is 4.78. The molecule has 1 aromatic heterocycles. The third-order valence-corrected chi connectivity index (χ3v) is 1.99. The van der Waals surface area contributed by atoms with Crippen LogP contribution in [0.3, 0.4) is 0 Å². The lowest BCUT2D eigenvalue weighted by Gasteiger charge is -2.13. The standard InChI is InChI=1S/C11H14N2O2/c1-8(14)7-11(15)13-9(2)10-3-5-12-6-4-10/h3-6,9H,7H2,1-2H3,(H,13,15). The molecule has 0 saturated heterocycles. The Kier molecular flexibility index (Phi) is 3.97. The Morgan fingerprint density at radius 1 is 1.40 bits per heavy atom. The van der Waals surface area contributed by atoms with Crippen LogP contribution in [0.1, 0.15) is 31.9 Å². The summed E-state index contributed by atoms with van der Waals surface area (Å²) >= 11 is 0. The van der Waals surface area contributed by atoms with Gasteiger partial charge in [0.25, 0.3) is 0 Å². The van der Waals surface area contributed by atoms with Gasteiger partial charge in [0.2, 0.25) is 5.91 Å². The van der Waals surface area contributed by atoms with E-state index in [2.05, 4.69) is 10.3 Å². The van der Waals surface area contributed by atoms with E-state index < -0.39 is 0 Å². The molecule has 0 aliphatic rings. The number of Topliss-reactive ketones (excluding diaryl/α,β-unsaturated/α-hetero) is 1. The molecule has 15 heavy (non-hydrogen) atoms. The van der Waals surface area contributed by atoms with Crippen molar-refractivity contribution in [2.45, 2.75) is 26.3 Å². The number of rotatable bonds is 4. The molecule has 1 amide bonds. The quantitative estimate of drug-likeness (QED) is 0.754. The molecule has 4 heteroatoms. The fourth-order valence-corrected chi connectivity index (χ4v) is 1.25. The summed E-state index contributed by atoms with van der Waals surface area (Å²) in [5.41, 5.74) is 0.974. The van der Waals surface area contributed by atoms with E-state index in [1.807, 2.05) is 19.1 Å². The van der Waals surface area contributed by atoms with E-state index in [4.69, 9.17) is 0 Å². The van der Waals surface area contributed by atoms with Gasteiger partial charge in [-0.3, -0.25) is 14.6 Å². The van der Waals surface area contributed by atoms with Gasteiger partial charge in [-0.05, 0) is 31.5 Å². The number of carbonyl (C=O) groups is 2. The van der Waals surface area contributed by atoms with E-state index in [0.717, 1.165) is 5.56 Å². The lowest BCUT2D eigenvalue weighted by atomic mass is 10.1. The summed E-state index contributed by atoms with van der Waals surface area (Å²) in [6.07, 6.45) is 3.28. The highest BCUT2D eigenvalue weighted by molar-refractivity contribution is 5.96. The Morgan fingerprint density at radius 2 is 2.00 bits per heavy atom. The lowest BCUT2D eigenvalue weighted by Crippen LogP contribution is -2.27. The molecule has 80 valence electrons. The molecule has 4 nitrogen and oxygen atoms in total. The minimum atomic E-state index is -0.244. The van der Waals surface area contributed by atoms with E-state index in [1.165, 1.54) is 6.92 Å². The number of amides is 1. The van der Waals surface area contributed by atoms with Gasteiger partial charge in [0.05, 0.1) is 12.5 Å². The molecule has 0 saturated carbocycles. The predicted molar refractivity (Wildman–Crippen MR) is 56.1 cm³/mol. The number of carbonyl (C=O) groups excluding carboxylic acids is 2. The van der Waals surface area contributed by atoms with Gasteiger partial charge >= 0.3 is 0 Å². The van der Waals surface area contributed by atoms with E-state index >= 15 is 0 Å². The van der Waals surface area contributed by atoms with Gasteiger partial charge in [0.1, 0.15) is 5.78 Å². The van der Waals surface area contributed by atoms with E-state index in [1.54, 1.807) is 12.4 Å². The molecule has 0 aromatic carbocycles. The van der Waals surface area contributed by atoms with Crippen LogP contribution in [-0.2, 0) is 9.59 Å². The van der Waals surface area contributed by atoms with Crippen molar-refractivity contribution in [3.8, 4) is 0 Å². The number of pyridine rings is 1. The molecule has 0 fully saturated rings. The Labute approximate surface area is 88.7 Å². The summed E-state index contributed by atoms with van der Waals surface area (Å²) in [4.78, 5) is 25.9. The second-order valence-corrected chi connectivity index (χ2v) is 3.45. The molecule has 1 heterocycles. The summed E-state index contributed by atoms with van der Waals surface area (Å²) in [6.45, 7) is 3.27. The molecule has 1 N–H and O–H groups in total. The van der Waals surface area contributed by atoms with E-state index in [-0.39, 0.29) is 24.2 Å². The second-order valence-electron chi connectivity index (χ2n) is 3.45. The maximum atomic E-state index is 11.3. The first kappa shape index (κ1) is 11.4. The molecule has 0 aliphatic carbocycles. The minimum Gasteiger partial charge on any atom is -0.349 e. The molecule has 1 rings (SSSR count). The first-order valence-electron chi connectivity index (χ1n) is 4.78. The smallest absolute Gasteiger partial charge is 0.227 e. The number of ketones is 1. The molecule has 0 spiro atoms. The topological polar surface area (TPSA) is 59.1 Å². The van der Waals surface area contributed by atoms with Crippen LogP contribution < -0.4 is 5.32 Å². The lowest BCUT2D eigenvalue weighted by molar-refractivity contribution is -0.127. The normalized spacial score (nSPS) is 11.9. The van der Waals surface area contributed by atoms with Crippen LogP contribution >= 0.6 is 0 Å². The van der Waals surface area contributed by atoms with Crippen molar-refractivity contribution >= 4 is 11.7 Å². The number of nitrogens with one attached hydrogen (secondary N) is 1. The van der Waals surface area contributed by atoms with Crippen LogP contribution in [0.2, 0.25) is 0 Å². The van der Waals surface area contributed by atoms with Gasteiger partial charge in [0, 0.05) is 12.4 Å². The monoisotopic (exact) mass is 206 g/mol. The predicted octanol–water partition coefficient (Wildman–Crippen LogP) is 1.24. The van der Waals surface area contributed by atoms with Gasteiger partial charge in [-0.25, -0.2) is 0 Å². The molecule has 1 unspecified atom stereocenters. The second kappa shape index (κ2) is 5.24. The highest BCUT2D eigenvalue weighted by Crippen LogP contribution is 2.09. The van der Waals surface area contributed by atoms with Gasteiger partial charge in [-0.15, -0.1) is 0 Å². The number of hydrogen-bond acceptors (Lipinski definition) is 3. The van der Waals surface area contributed by atoms with E-state index in [9.17, 15) is 9.59 Å². The van der Waals surface area contributed by atoms with Crippen LogP contribution in [0.5, 0.6) is 0 Å². The van der Waals surface area contributed by atoms with Crippen LogP contribution in [0, 0.1) is 0 Å².